The number of ether oxygens (including phenoxy) is 1. The smallest absolute Gasteiger partial charge is 0.122 e. The largest absolute Gasteiger partial charge is 0.496 e. The number of hydrogen-bond acceptors (Lipinski definition) is 3. The number of methoxy groups -OCH3 is 1. The summed E-state index contributed by atoms with van der Waals surface area (Å²) in [5, 5.41) is 0. The first-order valence-electron chi connectivity index (χ1n) is 6.16. The van der Waals surface area contributed by atoms with Gasteiger partial charge in [-0.3, -0.25) is 0 Å². The third-order valence-electron chi connectivity index (χ3n) is 2.88. The Morgan fingerprint density at radius 1 is 1.35 bits per heavy atom. The molecule has 0 unspecified atom stereocenters. The second-order valence-electron chi connectivity index (χ2n) is 4.31. The summed E-state index contributed by atoms with van der Waals surface area (Å²) in [6.45, 7) is 4.24. The van der Waals surface area contributed by atoms with E-state index in [-0.39, 0.29) is 0 Å². The molecule has 0 amide bonds. The van der Waals surface area contributed by atoms with Crippen LogP contribution in [0.3, 0.4) is 0 Å². The standard InChI is InChI=1S/C14H23NOS/c1-4-13-10-12(6-7-14(13)16-3)11-15(2)8-5-9-17/h6-7,10,17H,4-5,8-9,11H2,1-3H3. The van der Waals surface area contributed by atoms with Crippen molar-refractivity contribution in [3.63, 3.8) is 0 Å². The zero-order chi connectivity index (χ0) is 12.7. The van der Waals surface area contributed by atoms with Crippen LogP contribution < -0.4 is 4.74 Å². The third-order valence-corrected chi connectivity index (χ3v) is 3.19. The van der Waals surface area contributed by atoms with Crippen LogP contribution in [0.2, 0.25) is 0 Å². The van der Waals surface area contributed by atoms with E-state index in [4.69, 9.17) is 4.74 Å². The number of aryl methyl sites for hydroxylation is 1. The van der Waals surface area contributed by atoms with Gasteiger partial charge in [0.05, 0.1) is 7.11 Å². The minimum atomic E-state index is 0.952. The van der Waals surface area contributed by atoms with Gasteiger partial charge in [0.15, 0.2) is 0 Å². The normalized spacial score (nSPS) is 10.9. The van der Waals surface area contributed by atoms with Crippen LogP contribution in [-0.2, 0) is 13.0 Å². The highest BCUT2D eigenvalue weighted by Crippen LogP contribution is 2.21. The zero-order valence-corrected chi connectivity index (χ0v) is 12.0. The van der Waals surface area contributed by atoms with Crippen molar-refractivity contribution in [2.24, 2.45) is 0 Å². The Balaban J connectivity index is 2.65. The Bertz CT molecular complexity index is 341. The maximum atomic E-state index is 5.34. The van der Waals surface area contributed by atoms with E-state index >= 15 is 0 Å². The van der Waals surface area contributed by atoms with Gasteiger partial charge in [0, 0.05) is 6.54 Å². The molecular formula is C14H23NOS. The molecule has 0 spiro atoms. The van der Waals surface area contributed by atoms with Gasteiger partial charge in [-0.2, -0.15) is 12.6 Å². The van der Waals surface area contributed by atoms with Crippen molar-refractivity contribution in [3.05, 3.63) is 29.3 Å². The minimum Gasteiger partial charge on any atom is -0.496 e. The molecule has 0 atom stereocenters. The highest BCUT2D eigenvalue weighted by molar-refractivity contribution is 7.80. The average molecular weight is 253 g/mol. The topological polar surface area (TPSA) is 12.5 Å². The van der Waals surface area contributed by atoms with Crippen molar-refractivity contribution < 1.29 is 4.74 Å². The maximum absolute atomic E-state index is 5.34. The first-order chi connectivity index (χ1) is 8.21. The predicted octanol–water partition coefficient (Wildman–Crippen LogP) is 3.01. The van der Waals surface area contributed by atoms with Gasteiger partial charge in [0.25, 0.3) is 0 Å². The second kappa shape index (κ2) is 7.62. The van der Waals surface area contributed by atoms with Gasteiger partial charge in [0.2, 0.25) is 0 Å². The van der Waals surface area contributed by atoms with E-state index in [0.717, 1.165) is 37.4 Å². The molecule has 0 fully saturated rings. The number of benzene rings is 1. The molecule has 0 aliphatic heterocycles. The van der Waals surface area contributed by atoms with Gasteiger partial charge in [-0.1, -0.05) is 19.1 Å². The Kier molecular flexibility index (Phi) is 6.45. The summed E-state index contributed by atoms with van der Waals surface area (Å²) in [6.07, 6.45) is 2.15. The summed E-state index contributed by atoms with van der Waals surface area (Å²) in [7, 11) is 3.88. The van der Waals surface area contributed by atoms with Crippen LogP contribution in [0.25, 0.3) is 0 Å². The molecule has 0 saturated carbocycles. The van der Waals surface area contributed by atoms with Gasteiger partial charge in [0.1, 0.15) is 5.75 Å². The Morgan fingerprint density at radius 2 is 2.12 bits per heavy atom. The number of thiol groups is 1. The van der Waals surface area contributed by atoms with Crippen molar-refractivity contribution in [3.8, 4) is 5.75 Å². The van der Waals surface area contributed by atoms with E-state index in [1.165, 1.54) is 11.1 Å². The summed E-state index contributed by atoms with van der Waals surface area (Å²) in [6, 6.07) is 6.46. The fourth-order valence-corrected chi connectivity index (χ4v) is 2.08. The molecule has 0 radical (unpaired) electrons. The Morgan fingerprint density at radius 3 is 2.71 bits per heavy atom. The highest BCUT2D eigenvalue weighted by Gasteiger charge is 2.04. The van der Waals surface area contributed by atoms with Crippen LogP contribution >= 0.6 is 12.6 Å². The Labute approximate surface area is 110 Å². The van der Waals surface area contributed by atoms with Crippen LogP contribution in [-0.4, -0.2) is 31.4 Å². The van der Waals surface area contributed by atoms with E-state index in [0.29, 0.717) is 0 Å². The molecular weight excluding hydrogens is 230 g/mol. The molecule has 1 aromatic carbocycles. The van der Waals surface area contributed by atoms with E-state index in [2.05, 4.69) is 49.7 Å². The van der Waals surface area contributed by atoms with Crippen LogP contribution in [0.15, 0.2) is 18.2 Å². The lowest BCUT2D eigenvalue weighted by molar-refractivity contribution is 0.328. The lowest BCUT2D eigenvalue weighted by Gasteiger charge is -2.17. The fraction of sp³-hybridized carbons (Fsp3) is 0.571. The molecule has 0 aliphatic rings. The third kappa shape index (κ3) is 4.60. The molecule has 3 heteroatoms. The summed E-state index contributed by atoms with van der Waals surface area (Å²) < 4.78 is 5.34. The van der Waals surface area contributed by atoms with E-state index in [9.17, 15) is 0 Å². The first kappa shape index (κ1) is 14.4. The molecule has 2 nitrogen and oxygen atoms in total. The van der Waals surface area contributed by atoms with Crippen LogP contribution in [0.4, 0.5) is 0 Å². The summed E-state index contributed by atoms with van der Waals surface area (Å²) >= 11 is 4.24. The molecule has 0 aromatic heterocycles. The molecule has 0 aliphatic carbocycles. The molecule has 96 valence electrons. The molecule has 0 N–H and O–H groups in total. The van der Waals surface area contributed by atoms with Crippen LogP contribution in [0, 0.1) is 0 Å². The average Bonchev–Trinajstić information content (AvgIpc) is 2.36. The second-order valence-corrected chi connectivity index (χ2v) is 4.76. The summed E-state index contributed by atoms with van der Waals surface area (Å²) in [4.78, 5) is 2.33. The van der Waals surface area contributed by atoms with Gasteiger partial charge in [-0.25, -0.2) is 0 Å². The number of nitrogens with zero attached hydrogens (tertiary/aromatic N) is 1. The van der Waals surface area contributed by atoms with Crippen molar-refractivity contribution in [1.82, 2.24) is 4.90 Å². The lowest BCUT2D eigenvalue weighted by atomic mass is 10.1. The van der Waals surface area contributed by atoms with E-state index in [1.54, 1.807) is 7.11 Å². The molecule has 0 bridgehead atoms. The Hall–Kier alpha value is -0.670. The van der Waals surface area contributed by atoms with Crippen molar-refractivity contribution in [1.29, 1.82) is 0 Å². The zero-order valence-electron chi connectivity index (χ0n) is 11.1. The molecule has 0 heterocycles. The summed E-state index contributed by atoms with van der Waals surface area (Å²) in [5.74, 6) is 1.95. The van der Waals surface area contributed by atoms with Crippen molar-refractivity contribution in [2.45, 2.75) is 26.3 Å². The number of hydrogen-bond donors (Lipinski definition) is 1. The monoisotopic (exact) mass is 253 g/mol. The van der Waals surface area contributed by atoms with Crippen molar-refractivity contribution >= 4 is 12.6 Å². The van der Waals surface area contributed by atoms with Crippen LogP contribution in [0.5, 0.6) is 5.75 Å². The maximum Gasteiger partial charge on any atom is 0.122 e. The van der Waals surface area contributed by atoms with Gasteiger partial charge < -0.3 is 9.64 Å². The minimum absolute atomic E-state index is 0.952. The fourth-order valence-electron chi connectivity index (χ4n) is 1.94. The SMILES string of the molecule is CCc1cc(CN(C)CCCS)ccc1OC. The van der Waals surface area contributed by atoms with Gasteiger partial charge >= 0.3 is 0 Å². The van der Waals surface area contributed by atoms with Crippen LogP contribution in [0.1, 0.15) is 24.5 Å². The molecule has 1 rings (SSSR count). The molecule has 17 heavy (non-hydrogen) atoms. The predicted molar refractivity (Wildman–Crippen MR) is 77.2 cm³/mol. The van der Waals surface area contributed by atoms with Gasteiger partial charge in [-0.15, -0.1) is 0 Å². The van der Waals surface area contributed by atoms with Crippen molar-refractivity contribution in [2.75, 3.05) is 26.5 Å². The van der Waals surface area contributed by atoms with E-state index in [1.807, 2.05) is 0 Å². The highest BCUT2D eigenvalue weighted by atomic mass is 32.1. The summed E-state index contributed by atoms with van der Waals surface area (Å²) in [5.41, 5.74) is 2.64. The molecule has 1 aromatic rings. The van der Waals surface area contributed by atoms with Gasteiger partial charge in [-0.05, 0) is 49.4 Å². The lowest BCUT2D eigenvalue weighted by Crippen LogP contribution is -2.19. The number of rotatable bonds is 7. The molecule has 0 saturated heterocycles. The quantitative estimate of drug-likeness (QED) is 0.750. The first-order valence-corrected chi connectivity index (χ1v) is 6.79. The van der Waals surface area contributed by atoms with E-state index < -0.39 is 0 Å².